The number of nitrogens with two attached hydrogens (primary N) is 1. The first kappa shape index (κ1) is 30.5. The van der Waals surface area contributed by atoms with Gasteiger partial charge in [0.1, 0.15) is 12.1 Å². The van der Waals surface area contributed by atoms with E-state index in [1.54, 1.807) is 31.2 Å². The van der Waals surface area contributed by atoms with Crippen LogP contribution in [0.15, 0.2) is 54.6 Å². The van der Waals surface area contributed by atoms with Gasteiger partial charge in [0.05, 0.1) is 23.8 Å². The molecule has 2 aromatic rings. The Hall–Kier alpha value is -4.05. The normalized spacial score (nSPS) is 15.0. The van der Waals surface area contributed by atoms with Gasteiger partial charge in [-0.15, -0.1) is 0 Å². The van der Waals surface area contributed by atoms with Gasteiger partial charge in [-0.25, -0.2) is 0 Å². The number of fused-ring (bicyclic) bond motifs is 1. The highest BCUT2D eigenvalue weighted by Crippen LogP contribution is 2.23. The summed E-state index contributed by atoms with van der Waals surface area (Å²) in [5, 5.41) is 3.12. The largest absolute Gasteiger partial charge is 0.465 e. The van der Waals surface area contributed by atoms with Crippen molar-refractivity contribution in [2.45, 2.75) is 58.2 Å². The maximum atomic E-state index is 13.7. The number of esters is 1. The first-order chi connectivity index (χ1) is 19.0. The van der Waals surface area contributed by atoms with E-state index < -0.39 is 47.7 Å². The van der Waals surface area contributed by atoms with Crippen molar-refractivity contribution < 1.29 is 28.7 Å². The molecule has 0 unspecified atom stereocenters. The molecule has 1 heterocycles. The number of imide groups is 1. The smallest absolute Gasteiger partial charge is 0.323 e. The van der Waals surface area contributed by atoms with Crippen molar-refractivity contribution in [1.29, 1.82) is 0 Å². The Bertz CT molecular complexity index is 1200. The summed E-state index contributed by atoms with van der Waals surface area (Å²) in [4.78, 5) is 67.2. The fraction of sp³-hybridized carbons (Fsp3) is 0.433. The minimum absolute atomic E-state index is 0.0408. The Morgan fingerprint density at radius 1 is 0.950 bits per heavy atom. The molecule has 214 valence electrons. The molecule has 3 N–H and O–H groups in total. The van der Waals surface area contributed by atoms with E-state index in [9.17, 15) is 24.0 Å². The highest BCUT2D eigenvalue weighted by Gasteiger charge is 2.37. The van der Waals surface area contributed by atoms with Crippen molar-refractivity contribution in [3.63, 3.8) is 0 Å². The third-order valence-corrected chi connectivity index (χ3v) is 6.91. The average molecular weight is 551 g/mol. The monoisotopic (exact) mass is 550 g/mol. The van der Waals surface area contributed by atoms with Gasteiger partial charge in [-0.1, -0.05) is 56.3 Å². The maximum Gasteiger partial charge on any atom is 0.323 e. The number of amides is 4. The predicted molar refractivity (Wildman–Crippen MR) is 149 cm³/mol. The van der Waals surface area contributed by atoms with Gasteiger partial charge < -0.3 is 15.4 Å². The van der Waals surface area contributed by atoms with E-state index in [4.69, 9.17) is 10.5 Å². The number of carbonyl (C=O) groups excluding carboxylic acids is 5. The molecule has 10 nitrogen and oxygen atoms in total. The Morgan fingerprint density at radius 3 is 2.05 bits per heavy atom. The van der Waals surface area contributed by atoms with E-state index in [1.807, 2.05) is 44.2 Å². The molecule has 1 aliphatic heterocycles. The number of primary amides is 1. The molecular formula is C30H38N4O6. The summed E-state index contributed by atoms with van der Waals surface area (Å²) < 4.78 is 5.26. The van der Waals surface area contributed by atoms with Crippen LogP contribution < -0.4 is 11.1 Å². The second kappa shape index (κ2) is 13.8. The molecule has 40 heavy (non-hydrogen) atoms. The zero-order valence-electron chi connectivity index (χ0n) is 23.5. The molecule has 10 heteroatoms. The number of hydrogen-bond acceptors (Lipinski definition) is 7. The van der Waals surface area contributed by atoms with Crippen LogP contribution in [0, 0.1) is 5.92 Å². The lowest BCUT2D eigenvalue weighted by Crippen LogP contribution is -2.57. The quantitative estimate of drug-likeness (QED) is 0.271. The minimum atomic E-state index is -0.980. The number of likely N-dealkylation sites (N-methyl/N-ethyl adjacent to an activating group) is 1. The zero-order chi connectivity index (χ0) is 29.4. The summed E-state index contributed by atoms with van der Waals surface area (Å²) in [6.45, 7) is 5.63. The second-order valence-corrected chi connectivity index (χ2v) is 10.3. The molecule has 0 fully saturated rings. The highest BCUT2D eigenvalue weighted by molar-refractivity contribution is 6.21. The molecule has 2 aromatic carbocycles. The minimum Gasteiger partial charge on any atom is -0.465 e. The Labute approximate surface area is 234 Å². The van der Waals surface area contributed by atoms with Gasteiger partial charge in [0.15, 0.2) is 0 Å². The third kappa shape index (κ3) is 7.32. The predicted octanol–water partition coefficient (Wildman–Crippen LogP) is 2.16. The lowest BCUT2D eigenvalue weighted by atomic mass is 9.99. The number of ether oxygens (including phenoxy) is 1. The number of rotatable bonds is 14. The number of hydrogen-bond donors (Lipinski definition) is 2. The lowest BCUT2D eigenvalue weighted by Gasteiger charge is -2.32. The van der Waals surface area contributed by atoms with Crippen LogP contribution in [0.1, 0.15) is 59.9 Å². The van der Waals surface area contributed by atoms with E-state index in [1.165, 1.54) is 11.9 Å². The van der Waals surface area contributed by atoms with Gasteiger partial charge in [-0.3, -0.25) is 34.2 Å². The SMILES string of the molecule is CCOC(=O)[C@@H](CCN1C(=O)c2ccccc2C1=O)N[C@@H](CC(C)C)C(=O)N(C)[C@@H](Cc1ccccc1)C(N)=O. The van der Waals surface area contributed by atoms with Crippen LogP contribution >= 0.6 is 0 Å². The van der Waals surface area contributed by atoms with Gasteiger partial charge in [0.2, 0.25) is 11.8 Å². The first-order valence-corrected chi connectivity index (χ1v) is 13.5. The molecule has 1 aliphatic rings. The van der Waals surface area contributed by atoms with Gasteiger partial charge in [0, 0.05) is 20.0 Å². The van der Waals surface area contributed by atoms with E-state index in [2.05, 4.69) is 5.32 Å². The van der Waals surface area contributed by atoms with Crippen molar-refractivity contribution in [2.75, 3.05) is 20.2 Å². The number of benzene rings is 2. The fourth-order valence-electron chi connectivity index (χ4n) is 4.83. The molecule has 0 saturated carbocycles. The molecule has 3 rings (SSSR count). The number of carbonyl (C=O) groups is 5. The summed E-state index contributed by atoms with van der Waals surface area (Å²) in [5.41, 5.74) is 7.18. The van der Waals surface area contributed by atoms with Crippen LogP contribution in [-0.4, -0.2) is 77.7 Å². The summed E-state index contributed by atoms with van der Waals surface area (Å²) in [5.74, 6) is -2.43. The van der Waals surface area contributed by atoms with Crippen LogP contribution in [-0.2, 0) is 25.5 Å². The second-order valence-electron chi connectivity index (χ2n) is 10.3. The maximum absolute atomic E-state index is 13.7. The molecule has 0 aliphatic carbocycles. The van der Waals surface area contributed by atoms with Crippen LogP contribution in [0.4, 0.5) is 0 Å². The summed E-state index contributed by atoms with van der Waals surface area (Å²) in [6, 6.07) is 13.1. The molecule has 0 saturated heterocycles. The summed E-state index contributed by atoms with van der Waals surface area (Å²) in [7, 11) is 1.52. The van der Waals surface area contributed by atoms with Gasteiger partial charge in [-0.05, 0) is 43.4 Å². The Kier molecular flexibility index (Phi) is 10.6. The molecular weight excluding hydrogens is 512 g/mol. The average Bonchev–Trinajstić information content (AvgIpc) is 3.17. The van der Waals surface area contributed by atoms with Gasteiger partial charge >= 0.3 is 5.97 Å². The Morgan fingerprint density at radius 2 is 1.52 bits per heavy atom. The summed E-state index contributed by atoms with van der Waals surface area (Å²) >= 11 is 0. The van der Waals surface area contributed by atoms with Crippen molar-refractivity contribution in [3.05, 3.63) is 71.3 Å². The molecule has 0 aromatic heterocycles. The number of nitrogens with zero attached hydrogens (tertiary/aromatic N) is 2. The van der Waals surface area contributed by atoms with E-state index in [0.717, 1.165) is 10.5 Å². The molecule has 0 radical (unpaired) electrons. The fourth-order valence-corrected chi connectivity index (χ4v) is 4.83. The van der Waals surface area contributed by atoms with Crippen LogP contribution in [0.5, 0.6) is 0 Å². The van der Waals surface area contributed by atoms with Crippen molar-refractivity contribution in [2.24, 2.45) is 11.7 Å². The first-order valence-electron chi connectivity index (χ1n) is 13.5. The summed E-state index contributed by atoms with van der Waals surface area (Å²) in [6.07, 6.45) is 0.649. The molecule has 0 bridgehead atoms. The number of nitrogens with one attached hydrogen (secondary N) is 1. The van der Waals surface area contributed by atoms with Crippen molar-refractivity contribution in [1.82, 2.24) is 15.1 Å². The van der Waals surface area contributed by atoms with Crippen molar-refractivity contribution in [3.8, 4) is 0 Å². The van der Waals surface area contributed by atoms with E-state index >= 15 is 0 Å². The molecule has 3 atom stereocenters. The lowest BCUT2D eigenvalue weighted by molar-refractivity contribution is -0.147. The van der Waals surface area contributed by atoms with Crippen LogP contribution in [0.2, 0.25) is 0 Å². The molecule has 4 amide bonds. The third-order valence-electron chi connectivity index (χ3n) is 6.91. The standard InChI is InChI=1S/C30H38N4O6/c1-5-40-30(39)23(15-16-34-27(36)21-13-9-10-14-22(21)28(34)37)32-24(17-19(2)3)29(38)33(4)25(26(31)35)18-20-11-7-6-8-12-20/h6-14,19,23-25,32H,5,15-18H2,1-4H3,(H2,31,35)/t23-,24+,25+/m1/s1. The highest BCUT2D eigenvalue weighted by atomic mass is 16.5. The Balaban J connectivity index is 1.79. The van der Waals surface area contributed by atoms with E-state index in [0.29, 0.717) is 17.5 Å². The van der Waals surface area contributed by atoms with Gasteiger partial charge in [0.25, 0.3) is 11.8 Å². The van der Waals surface area contributed by atoms with Gasteiger partial charge in [-0.2, -0.15) is 0 Å². The topological polar surface area (TPSA) is 139 Å². The van der Waals surface area contributed by atoms with E-state index in [-0.39, 0.29) is 31.9 Å². The van der Waals surface area contributed by atoms with Crippen molar-refractivity contribution >= 4 is 29.6 Å². The molecule has 0 spiro atoms. The van der Waals surface area contributed by atoms with Crippen LogP contribution in [0.25, 0.3) is 0 Å². The zero-order valence-corrected chi connectivity index (χ0v) is 23.5. The van der Waals surface area contributed by atoms with Crippen LogP contribution in [0.3, 0.4) is 0 Å².